The highest BCUT2D eigenvalue weighted by Gasteiger charge is 2.26. The van der Waals surface area contributed by atoms with Crippen LogP contribution in [0.3, 0.4) is 0 Å². The number of nitrogens with zero attached hydrogens (tertiary/aromatic N) is 2. The molecular formula is C14H16ClN3O2S. The molecule has 2 aromatic rings. The van der Waals surface area contributed by atoms with Gasteiger partial charge in [0.1, 0.15) is 23.1 Å². The van der Waals surface area contributed by atoms with E-state index in [-0.39, 0.29) is 18.3 Å². The molecule has 0 saturated carbocycles. The molecule has 0 unspecified atom stereocenters. The minimum Gasteiger partial charge on any atom is -0.490 e. The summed E-state index contributed by atoms with van der Waals surface area (Å²) in [6, 6.07) is 5.83. The fourth-order valence-electron chi connectivity index (χ4n) is 2.18. The number of halogens is 1. The molecule has 7 heteroatoms. The standard InChI is InChI=1S/C14H15N3O2S.ClH/c1-9-2-3-11-12(6-9)19-5-4-17(11)14(18)10-8-20-13(7-15)16-10;/h2-3,6,8H,4-5,7,15H2,1H3;1H. The summed E-state index contributed by atoms with van der Waals surface area (Å²) < 4.78 is 5.62. The second kappa shape index (κ2) is 6.43. The fraction of sp³-hybridized carbons (Fsp3) is 0.286. The van der Waals surface area contributed by atoms with E-state index < -0.39 is 0 Å². The maximum Gasteiger partial charge on any atom is 0.277 e. The van der Waals surface area contributed by atoms with E-state index in [9.17, 15) is 4.79 Å². The maximum atomic E-state index is 12.6. The molecule has 3 rings (SSSR count). The number of anilines is 1. The normalized spacial score (nSPS) is 13.1. The molecule has 1 aromatic heterocycles. The number of amides is 1. The van der Waals surface area contributed by atoms with Gasteiger partial charge in [-0.2, -0.15) is 0 Å². The van der Waals surface area contributed by atoms with Crippen molar-refractivity contribution < 1.29 is 9.53 Å². The van der Waals surface area contributed by atoms with Crippen LogP contribution in [-0.2, 0) is 6.54 Å². The molecule has 0 radical (unpaired) electrons. The number of carbonyl (C=O) groups excluding carboxylic acids is 1. The fourth-order valence-corrected chi connectivity index (χ4v) is 2.83. The molecule has 0 saturated heterocycles. The number of thiazole rings is 1. The van der Waals surface area contributed by atoms with Crippen LogP contribution in [0.25, 0.3) is 0 Å². The number of rotatable bonds is 2. The van der Waals surface area contributed by atoms with Gasteiger partial charge in [-0.3, -0.25) is 4.79 Å². The average Bonchev–Trinajstić information content (AvgIpc) is 2.94. The Morgan fingerprint density at radius 3 is 3.05 bits per heavy atom. The van der Waals surface area contributed by atoms with E-state index in [2.05, 4.69) is 4.98 Å². The van der Waals surface area contributed by atoms with Crippen LogP contribution in [0, 0.1) is 6.92 Å². The Morgan fingerprint density at radius 2 is 2.33 bits per heavy atom. The topological polar surface area (TPSA) is 68.5 Å². The number of benzene rings is 1. The van der Waals surface area contributed by atoms with Crippen LogP contribution in [-0.4, -0.2) is 24.0 Å². The first kappa shape index (κ1) is 15.8. The highest BCUT2D eigenvalue weighted by molar-refractivity contribution is 7.09. The van der Waals surface area contributed by atoms with E-state index in [1.54, 1.807) is 10.3 Å². The van der Waals surface area contributed by atoms with Gasteiger partial charge in [0, 0.05) is 11.9 Å². The van der Waals surface area contributed by atoms with Gasteiger partial charge in [-0.15, -0.1) is 23.7 Å². The number of nitrogens with two attached hydrogens (primary N) is 1. The van der Waals surface area contributed by atoms with Crippen LogP contribution in [0.5, 0.6) is 5.75 Å². The first-order valence-electron chi connectivity index (χ1n) is 6.39. The molecule has 112 valence electrons. The lowest BCUT2D eigenvalue weighted by molar-refractivity contribution is 0.0972. The molecule has 1 aromatic carbocycles. The van der Waals surface area contributed by atoms with E-state index in [1.165, 1.54) is 11.3 Å². The SMILES string of the molecule is Cc1ccc2c(c1)OCCN2C(=O)c1csc(CN)n1.Cl. The first-order chi connectivity index (χ1) is 9.69. The Morgan fingerprint density at radius 1 is 1.52 bits per heavy atom. The predicted molar refractivity (Wildman–Crippen MR) is 85.6 cm³/mol. The molecule has 0 fully saturated rings. The Hall–Kier alpha value is -1.63. The van der Waals surface area contributed by atoms with E-state index in [0.717, 1.165) is 22.0 Å². The van der Waals surface area contributed by atoms with Crippen LogP contribution in [0.15, 0.2) is 23.6 Å². The summed E-state index contributed by atoms with van der Waals surface area (Å²) in [6.07, 6.45) is 0. The minimum absolute atomic E-state index is 0. The molecule has 2 heterocycles. The van der Waals surface area contributed by atoms with Gasteiger partial charge in [-0.25, -0.2) is 4.98 Å². The van der Waals surface area contributed by atoms with Crippen molar-refractivity contribution in [1.29, 1.82) is 0 Å². The second-order valence-corrected chi connectivity index (χ2v) is 5.55. The third-order valence-electron chi connectivity index (χ3n) is 3.17. The summed E-state index contributed by atoms with van der Waals surface area (Å²) in [7, 11) is 0. The minimum atomic E-state index is -0.102. The Bertz CT molecular complexity index is 659. The molecule has 1 amide bonds. The molecule has 0 atom stereocenters. The van der Waals surface area contributed by atoms with Crippen LogP contribution in [0.2, 0.25) is 0 Å². The number of fused-ring (bicyclic) bond motifs is 1. The Kier molecular flexibility index (Phi) is 4.82. The van der Waals surface area contributed by atoms with Crippen LogP contribution in [0.1, 0.15) is 21.1 Å². The van der Waals surface area contributed by atoms with E-state index >= 15 is 0 Å². The average molecular weight is 326 g/mol. The number of hydrogen-bond donors (Lipinski definition) is 1. The van der Waals surface area contributed by atoms with Crippen molar-refractivity contribution in [3.63, 3.8) is 0 Å². The summed E-state index contributed by atoms with van der Waals surface area (Å²) in [6.45, 7) is 3.38. The van der Waals surface area contributed by atoms with Gasteiger partial charge >= 0.3 is 0 Å². The highest BCUT2D eigenvalue weighted by Crippen LogP contribution is 2.33. The molecule has 0 bridgehead atoms. The monoisotopic (exact) mass is 325 g/mol. The molecule has 1 aliphatic heterocycles. The van der Waals surface area contributed by atoms with Crippen LogP contribution in [0.4, 0.5) is 5.69 Å². The van der Waals surface area contributed by atoms with Gasteiger partial charge in [-0.1, -0.05) is 6.07 Å². The summed E-state index contributed by atoms with van der Waals surface area (Å²) in [5, 5.41) is 2.53. The largest absolute Gasteiger partial charge is 0.490 e. The lowest BCUT2D eigenvalue weighted by Crippen LogP contribution is -2.38. The van der Waals surface area contributed by atoms with Gasteiger partial charge in [0.15, 0.2) is 0 Å². The lowest BCUT2D eigenvalue weighted by atomic mass is 10.1. The third-order valence-corrected chi connectivity index (χ3v) is 4.04. The predicted octanol–water partition coefficient (Wildman–Crippen LogP) is 2.37. The van der Waals surface area contributed by atoms with Gasteiger partial charge < -0.3 is 15.4 Å². The van der Waals surface area contributed by atoms with Crippen molar-refractivity contribution >= 4 is 35.3 Å². The summed E-state index contributed by atoms with van der Waals surface area (Å²) in [4.78, 5) is 18.5. The zero-order valence-corrected chi connectivity index (χ0v) is 13.2. The van der Waals surface area contributed by atoms with Gasteiger partial charge in [0.05, 0.1) is 12.2 Å². The maximum absolute atomic E-state index is 12.6. The van der Waals surface area contributed by atoms with Gasteiger partial charge in [0.2, 0.25) is 0 Å². The molecule has 5 nitrogen and oxygen atoms in total. The van der Waals surface area contributed by atoms with Gasteiger partial charge in [0.25, 0.3) is 5.91 Å². The molecular weight excluding hydrogens is 310 g/mol. The van der Waals surface area contributed by atoms with Crippen molar-refractivity contribution in [3.8, 4) is 5.75 Å². The number of hydrogen-bond acceptors (Lipinski definition) is 5. The summed E-state index contributed by atoms with van der Waals surface area (Å²) >= 11 is 1.41. The van der Waals surface area contributed by atoms with Crippen molar-refractivity contribution in [3.05, 3.63) is 39.8 Å². The van der Waals surface area contributed by atoms with Crippen molar-refractivity contribution in [1.82, 2.24) is 4.98 Å². The Labute approximate surface area is 133 Å². The molecule has 21 heavy (non-hydrogen) atoms. The Balaban J connectivity index is 0.00000161. The molecule has 0 spiro atoms. The van der Waals surface area contributed by atoms with Gasteiger partial charge in [-0.05, 0) is 24.6 Å². The lowest BCUT2D eigenvalue weighted by Gasteiger charge is -2.29. The van der Waals surface area contributed by atoms with Crippen LogP contribution < -0.4 is 15.4 Å². The number of carbonyl (C=O) groups is 1. The summed E-state index contributed by atoms with van der Waals surface area (Å²) in [5.41, 5.74) is 7.89. The van der Waals surface area contributed by atoms with E-state index in [0.29, 0.717) is 25.4 Å². The van der Waals surface area contributed by atoms with Crippen LogP contribution >= 0.6 is 23.7 Å². The third kappa shape index (κ3) is 3.02. The molecule has 2 N–H and O–H groups in total. The number of aromatic nitrogens is 1. The highest BCUT2D eigenvalue weighted by atomic mass is 35.5. The van der Waals surface area contributed by atoms with E-state index in [4.69, 9.17) is 10.5 Å². The number of aryl methyl sites for hydroxylation is 1. The van der Waals surface area contributed by atoms with Crippen molar-refractivity contribution in [2.24, 2.45) is 5.73 Å². The zero-order valence-electron chi connectivity index (χ0n) is 11.5. The van der Waals surface area contributed by atoms with Crippen molar-refractivity contribution in [2.75, 3.05) is 18.1 Å². The summed E-state index contributed by atoms with van der Waals surface area (Å²) in [5.74, 6) is 0.647. The van der Waals surface area contributed by atoms with Crippen molar-refractivity contribution in [2.45, 2.75) is 13.5 Å². The first-order valence-corrected chi connectivity index (χ1v) is 7.27. The van der Waals surface area contributed by atoms with E-state index in [1.807, 2.05) is 25.1 Å². The quantitative estimate of drug-likeness (QED) is 0.920. The smallest absolute Gasteiger partial charge is 0.277 e. The second-order valence-electron chi connectivity index (χ2n) is 4.61. The zero-order chi connectivity index (χ0) is 14.1. The molecule has 0 aliphatic carbocycles. The number of ether oxygens (including phenoxy) is 1. The molecule has 1 aliphatic rings.